The summed E-state index contributed by atoms with van der Waals surface area (Å²) < 4.78 is 30.4. The van der Waals surface area contributed by atoms with Gasteiger partial charge >= 0.3 is 5.97 Å². The predicted octanol–water partition coefficient (Wildman–Crippen LogP) is 6.49. The van der Waals surface area contributed by atoms with Crippen LogP contribution in [0.2, 0.25) is 10.0 Å². The quantitative estimate of drug-likeness (QED) is 0.220. The number of nitrogens with zero attached hydrogens (tertiary/aromatic N) is 3. The van der Waals surface area contributed by atoms with Crippen molar-refractivity contribution in [3.63, 3.8) is 0 Å². The van der Waals surface area contributed by atoms with Crippen molar-refractivity contribution in [1.29, 1.82) is 0 Å². The topological polar surface area (TPSA) is 106 Å². The van der Waals surface area contributed by atoms with Crippen LogP contribution in [-0.2, 0) is 15.1 Å². The maximum absolute atomic E-state index is 16.3. The summed E-state index contributed by atoms with van der Waals surface area (Å²) in [5, 5.41) is 18.5. The number of halogens is 3. The summed E-state index contributed by atoms with van der Waals surface area (Å²) in [6.07, 6.45) is 2.51. The van der Waals surface area contributed by atoms with Crippen LogP contribution in [0.1, 0.15) is 53.2 Å². The molecular formula is C33H31Cl2FN4O5. The molecule has 2 saturated heterocycles. The Labute approximate surface area is 268 Å². The molecule has 0 spiro atoms. The first-order valence-electron chi connectivity index (χ1n) is 14.9. The van der Waals surface area contributed by atoms with Crippen molar-refractivity contribution in [2.24, 2.45) is 5.92 Å². The zero-order chi connectivity index (χ0) is 31.5. The van der Waals surface area contributed by atoms with Crippen LogP contribution in [0.4, 0.5) is 10.1 Å². The first kappa shape index (κ1) is 30.0. The van der Waals surface area contributed by atoms with Crippen molar-refractivity contribution >= 4 is 52.2 Å². The molecule has 1 aromatic heterocycles. The van der Waals surface area contributed by atoms with Gasteiger partial charge in [0.05, 0.1) is 45.7 Å². The van der Waals surface area contributed by atoms with Crippen LogP contribution in [-0.4, -0.2) is 64.6 Å². The molecule has 0 aliphatic carbocycles. The molecule has 9 nitrogen and oxygen atoms in total. The van der Waals surface area contributed by atoms with E-state index in [1.54, 1.807) is 35.0 Å². The van der Waals surface area contributed by atoms with Gasteiger partial charge in [0.15, 0.2) is 0 Å². The molecule has 3 aromatic carbocycles. The molecule has 0 bridgehead atoms. The van der Waals surface area contributed by atoms with Gasteiger partial charge in [0.2, 0.25) is 12.3 Å². The van der Waals surface area contributed by atoms with Crippen molar-refractivity contribution < 1.29 is 28.6 Å². The third kappa shape index (κ3) is 4.86. The Hall–Kier alpha value is -3.70. The van der Waals surface area contributed by atoms with Crippen molar-refractivity contribution in [2.45, 2.75) is 43.3 Å². The lowest BCUT2D eigenvalue weighted by Gasteiger charge is -2.44. The molecule has 7 rings (SSSR count). The molecule has 12 heteroatoms. The average Bonchev–Trinajstić information content (AvgIpc) is 3.52. The van der Waals surface area contributed by atoms with Crippen molar-refractivity contribution in [1.82, 2.24) is 14.7 Å². The van der Waals surface area contributed by atoms with E-state index >= 15 is 4.39 Å². The molecule has 4 heterocycles. The number of anilines is 1. The van der Waals surface area contributed by atoms with Gasteiger partial charge in [0.1, 0.15) is 12.4 Å². The second-order valence-corrected chi connectivity index (χ2v) is 13.0. The number of amides is 1. The zero-order valence-electron chi connectivity index (χ0n) is 24.4. The zero-order valence-corrected chi connectivity index (χ0v) is 25.9. The molecule has 5 atom stereocenters. The summed E-state index contributed by atoms with van der Waals surface area (Å²) in [7, 11) is 0. The molecular weight excluding hydrogens is 622 g/mol. The monoisotopic (exact) mass is 652 g/mol. The summed E-state index contributed by atoms with van der Waals surface area (Å²) in [6, 6.07) is 14.3. The lowest BCUT2D eigenvalue weighted by molar-refractivity contribution is -0.105. The minimum atomic E-state index is -1.06. The second kappa shape index (κ2) is 11.6. The summed E-state index contributed by atoms with van der Waals surface area (Å²) in [6.45, 7) is 4.26. The fourth-order valence-electron chi connectivity index (χ4n) is 7.74. The van der Waals surface area contributed by atoms with Crippen LogP contribution < -0.4 is 10.1 Å². The first-order chi connectivity index (χ1) is 21.7. The van der Waals surface area contributed by atoms with Crippen LogP contribution in [0, 0.1) is 11.7 Å². The number of carbonyl (C=O) groups excluding carboxylic acids is 1. The van der Waals surface area contributed by atoms with E-state index < -0.39 is 29.3 Å². The van der Waals surface area contributed by atoms with E-state index in [4.69, 9.17) is 37.8 Å². The van der Waals surface area contributed by atoms with Gasteiger partial charge in [0, 0.05) is 29.8 Å². The van der Waals surface area contributed by atoms with Gasteiger partial charge in [-0.15, -0.1) is 0 Å². The Kier molecular flexibility index (Phi) is 7.72. The molecule has 0 radical (unpaired) electrons. The van der Waals surface area contributed by atoms with Crippen molar-refractivity contribution in [2.75, 3.05) is 31.7 Å². The van der Waals surface area contributed by atoms with E-state index in [-0.39, 0.29) is 29.2 Å². The molecule has 1 unspecified atom stereocenters. The highest BCUT2D eigenvalue weighted by molar-refractivity contribution is 6.31. The maximum Gasteiger partial charge on any atom is 0.335 e. The van der Waals surface area contributed by atoms with Crippen molar-refractivity contribution in [3.05, 3.63) is 87.2 Å². The van der Waals surface area contributed by atoms with Gasteiger partial charge in [0.25, 0.3) is 0 Å². The number of hydrogen-bond acceptors (Lipinski definition) is 6. The van der Waals surface area contributed by atoms with Crippen LogP contribution in [0.3, 0.4) is 0 Å². The number of carboxylic acids is 1. The Morgan fingerprint density at radius 2 is 2.04 bits per heavy atom. The molecule has 2 fully saturated rings. The minimum Gasteiger partial charge on any atom is -0.478 e. The van der Waals surface area contributed by atoms with E-state index in [2.05, 4.69) is 17.1 Å². The largest absolute Gasteiger partial charge is 0.478 e. The smallest absolute Gasteiger partial charge is 0.335 e. The highest BCUT2D eigenvalue weighted by Crippen LogP contribution is 2.61. The summed E-state index contributed by atoms with van der Waals surface area (Å²) in [4.78, 5) is 26.0. The van der Waals surface area contributed by atoms with Crippen LogP contribution in [0.15, 0.2) is 54.6 Å². The highest BCUT2D eigenvalue weighted by atomic mass is 35.5. The first-order valence-corrected chi connectivity index (χ1v) is 15.6. The van der Waals surface area contributed by atoms with Gasteiger partial charge in [-0.3, -0.25) is 9.69 Å². The van der Waals surface area contributed by atoms with E-state index in [0.29, 0.717) is 59.2 Å². The number of ether oxygens (including phenoxy) is 2. The van der Waals surface area contributed by atoms with Gasteiger partial charge in [-0.25, -0.2) is 13.9 Å². The SMILES string of the molecule is C[C@@]1(c2ccc(Cl)cc2NC=O)[C@@H](c2cccc(Cl)c2F)[C@H]2[C@H](COc3c4ccc(C(=O)O)cc4nn32)N1CC1CCCOC1. The third-order valence-electron chi connectivity index (χ3n) is 9.68. The number of fused-ring (bicyclic) bond motifs is 5. The lowest BCUT2D eigenvalue weighted by atomic mass is 9.73. The molecule has 4 aromatic rings. The number of aromatic carboxylic acids is 1. The van der Waals surface area contributed by atoms with Gasteiger partial charge < -0.3 is 19.9 Å². The molecule has 2 N–H and O–H groups in total. The van der Waals surface area contributed by atoms with E-state index in [0.717, 1.165) is 18.4 Å². The summed E-state index contributed by atoms with van der Waals surface area (Å²) >= 11 is 12.9. The third-order valence-corrected chi connectivity index (χ3v) is 10.2. The van der Waals surface area contributed by atoms with Gasteiger partial charge in [-0.05, 0) is 73.2 Å². The molecule has 3 aliphatic heterocycles. The Morgan fingerprint density at radius 1 is 1.20 bits per heavy atom. The van der Waals surface area contributed by atoms with Crippen LogP contribution in [0.25, 0.3) is 10.9 Å². The fourth-order valence-corrected chi connectivity index (χ4v) is 8.10. The summed E-state index contributed by atoms with van der Waals surface area (Å²) in [5.74, 6) is -1.49. The standard InChI is InChI=1S/C33H31Cl2FN4O5/c1-33(23-10-8-20(34)13-26(23)37-17-41)28(22-5-2-6-24(35)29(22)36)30-27(39(33)14-18-4-3-11-44-15-18)16-45-31-21-9-7-19(32(42)43)12-25(21)38-40(30)31/h2,5-10,12-13,17-18,27-28,30H,3-4,11,14-16H2,1H3,(H,37,41)(H,42,43)/t18?,27-,28-,30+,33+/m0/s1. The van der Waals surface area contributed by atoms with Crippen molar-refractivity contribution in [3.8, 4) is 5.88 Å². The maximum atomic E-state index is 16.3. The molecule has 0 saturated carbocycles. The average molecular weight is 654 g/mol. The molecule has 234 valence electrons. The molecule has 1 amide bonds. The number of likely N-dealkylation sites (tertiary alicyclic amines) is 1. The number of nitrogens with one attached hydrogen (secondary N) is 1. The van der Waals surface area contributed by atoms with Gasteiger partial charge in [-0.2, -0.15) is 5.10 Å². The van der Waals surface area contributed by atoms with E-state index in [1.165, 1.54) is 18.2 Å². The number of aromatic nitrogens is 2. The lowest BCUT2D eigenvalue weighted by Crippen LogP contribution is -2.51. The second-order valence-electron chi connectivity index (χ2n) is 12.1. The molecule has 45 heavy (non-hydrogen) atoms. The summed E-state index contributed by atoms with van der Waals surface area (Å²) in [5.41, 5.74) is 1.28. The number of hydrogen-bond donors (Lipinski definition) is 2. The Morgan fingerprint density at radius 3 is 2.80 bits per heavy atom. The van der Waals surface area contributed by atoms with Gasteiger partial charge in [-0.1, -0.05) is 41.4 Å². The molecule has 3 aliphatic rings. The van der Waals surface area contributed by atoms with Crippen LogP contribution >= 0.6 is 23.2 Å². The minimum absolute atomic E-state index is 0.00288. The Balaban J connectivity index is 1.50. The highest BCUT2D eigenvalue weighted by Gasteiger charge is 2.62. The number of carbonyl (C=O) groups is 2. The Bertz CT molecular complexity index is 1810. The van der Waals surface area contributed by atoms with Crippen LogP contribution in [0.5, 0.6) is 5.88 Å². The number of benzene rings is 3. The van der Waals surface area contributed by atoms with E-state index in [1.807, 2.05) is 6.07 Å². The number of carboxylic acid groups (broad SMARTS) is 1. The number of rotatable bonds is 7. The predicted molar refractivity (Wildman–Crippen MR) is 168 cm³/mol. The van der Waals surface area contributed by atoms with E-state index in [9.17, 15) is 14.7 Å². The fraction of sp³-hybridized carbons (Fsp3) is 0.364. The normalized spacial score (nSPS) is 26.2.